The van der Waals surface area contributed by atoms with Gasteiger partial charge in [-0.15, -0.1) is 0 Å². The number of ether oxygens (including phenoxy) is 2. The van der Waals surface area contributed by atoms with Crippen molar-refractivity contribution in [2.45, 2.75) is 18.6 Å². The first-order valence-electron chi connectivity index (χ1n) is 6.68. The number of rotatable bonds is 3. The van der Waals surface area contributed by atoms with E-state index in [-0.39, 0.29) is 13.0 Å². The molecule has 0 aromatic heterocycles. The van der Waals surface area contributed by atoms with Crippen molar-refractivity contribution in [3.63, 3.8) is 0 Å². The van der Waals surface area contributed by atoms with Crippen LogP contribution in [0.2, 0.25) is 0 Å². The molecule has 1 aliphatic heterocycles. The number of fused-ring (bicyclic) bond motifs is 1. The lowest BCUT2D eigenvalue weighted by Gasteiger charge is -2.16. The molecular weight excluding hydrogens is 272 g/mol. The predicted molar refractivity (Wildman–Crippen MR) is 74.7 cm³/mol. The SMILES string of the molecule is O=C1C[C@@H](OC(=O)c2cccc3ccccc23)[C@H](CO)O1. The second kappa shape index (κ2) is 5.54. The highest BCUT2D eigenvalue weighted by Gasteiger charge is 2.37. The zero-order valence-electron chi connectivity index (χ0n) is 11.2. The smallest absolute Gasteiger partial charge is 0.339 e. The van der Waals surface area contributed by atoms with Crippen LogP contribution in [0.3, 0.4) is 0 Å². The molecular formula is C16H14O5. The fraction of sp³-hybridized carbons (Fsp3) is 0.250. The Hall–Kier alpha value is -2.40. The summed E-state index contributed by atoms with van der Waals surface area (Å²) in [7, 11) is 0. The van der Waals surface area contributed by atoms with E-state index in [1.54, 1.807) is 12.1 Å². The number of carbonyl (C=O) groups excluding carboxylic acids is 2. The molecule has 3 rings (SSSR count). The molecule has 21 heavy (non-hydrogen) atoms. The van der Waals surface area contributed by atoms with Gasteiger partial charge < -0.3 is 14.6 Å². The molecule has 1 aliphatic rings. The quantitative estimate of drug-likeness (QED) is 0.869. The van der Waals surface area contributed by atoms with Gasteiger partial charge in [0.05, 0.1) is 18.6 Å². The summed E-state index contributed by atoms with van der Waals surface area (Å²) < 4.78 is 10.2. The van der Waals surface area contributed by atoms with Crippen LogP contribution in [0.15, 0.2) is 42.5 Å². The lowest BCUT2D eigenvalue weighted by atomic mass is 10.0. The molecule has 108 valence electrons. The first-order valence-corrected chi connectivity index (χ1v) is 6.68. The number of benzene rings is 2. The van der Waals surface area contributed by atoms with Gasteiger partial charge in [-0.2, -0.15) is 0 Å². The van der Waals surface area contributed by atoms with Gasteiger partial charge in [0.15, 0.2) is 12.2 Å². The van der Waals surface area contributed by atoms with Crippen LogP contribution in [-0.4, -0.2) is 35.9 Å². The molecule has 1 saturated heterocycles. The molecule has 0 aliphatic carbocycles. The highest BCUT2D eigenvalue weighted by atomic mass is 16.6. The molecule has 5 nitrogen and oxygen atoms in total. The Kier molecular flexibility index (Phi) is 3.58. The zero-order chi connectivity index (χ0) is 14.8. The number of aliphatic hydroxyl groups excluding tert-OH is 1. The molecule has 5 heteroatoms. The average Bonchev–Trinajstić information content (AvgIpc) is 2.86. The van der Waals surface area contributed by atoms with Crippen molar-refractivity contribution in [1.29, 1.82) is 0 Å². The van der Waals surface area contributed by atoms with Gasteiger partial charge in [-0.25, -0.2) is 4.79 Å². The lowest BCUT2D eigenvalue weighted by molar-refractivity contribution is -0.143. The summed E-state index contributed by atoms with van der Waals surface area (Å²) in [5.41, 5.74) is 0.434. The Morgan fingerprint density at radius 2 is 2.00 bits per heavy atom. The van der Waals surface area contributed by atoms with Crippen molar-refractivity contribution in [1.82, 2.24) is 0 Å². The van der Waals surface area contributed by atoms with Crippen molar-refractivity contribution in [2.75, 3.05) is 6.61 Å². The molecule has 2 aromatic rings. The maximum Gasteiger partial charge on any atom is 0.339 e. The third-order valence-electron chi connectivity index (χ3n) is 3.51. The fourth-order valence-electron chi connectivity index (χ4n) is 2.47. The van der Waals surface area contributed by atoms with E-state index in [2.05, 4.69) is 0 Å². The number of hydrogen-bond donors (Lipinski definition) is 1. The highest BCUT2D eigenvalue weighted by Crippen LogP contribution is 2.23. The molecule has 2 aromatic carbocycles. The third kappa shape index (κ3) is 2.60. The summed E-state index contributed by atoms with van der Waals surface area (Å²) in [5, 5.41) is 10.9. The minimum absolute atomic E-state index is 0.0261. The minimum atomic E-state index is -0.781. The van der Waals surface area contributed by atoms with Crippen LogP contribution in [0.1, 0.15) is 16.8 Å². The molecule has 0 amide bonds. The van der Waals surface area contributed by atoms with Crippen LogP contribution in [0.25, 0.3) is 10.8 Å². The number of aliphatic hydroxyl groups is 1. The Balaban J connectivity index is 1.86. The van der Waals surface area contributed by atoms with E-state index in [4.69, 9.17) is 14.6 Å². The molecule has 1 heterocycles. The van der Waals surface area contributed by atoms with E-state index < -0.39 is 24.1 Å². The van der Waals surface area contributed by atoms with E-state index in [9.17, 15) is 9.59 Å². The maximum absolute atomic E-state index is 12.3. The Morgan fingerprint density at radius 1 is 1.24 bits per heavy atom. The number of cyclic esters (lactones) is 1. The molecule has 0 radical (unpaired) electrons. The van der Waals surface area contributed by atoms with E-state index in [0.717, 1.165) is 10.8 Å². The predicted octanol–water partition coefficient (Wildman–Crippen LogP) is 1.67. The second-order valence-electron chi connectivity index (χ2n) is 4.89. The monoisotopic (exact) mass is 286 g/mol. The summed E-state index contributed by atoms with van der Waals surface area (Å²) in [6.07, 6.45) is -1.55. The van der Waals surface area contributed by atoms with Crippen LogP contribution in [0, 0.1) is 0 Å². The van der Waals surface area contributed by atoms with Crippen LogP contribution in [0.5, 0.6) is 0 Å². The lowest BCUT2D eigenvalue weighted by Crippen LogP contribution is -2.30. The van der Waals surface area contributed by atoms with Crippen molar-refractivity contribution < 1.29 is 24.2 Å². The van der Waals surface area contributed by atoms with Crippen LogP contribution in [0.4, 0.5) is 0 Å². The van der Waals surface area contributed by atoms with E-state index in [0.29, 0.717) is 5.56 Å². The van der Waals surface area contributed by atoms with Crippen molar-refractivity contribution in [3.05, 3.63) is 48.0 Å². The molecule has 0 saturated carbocycles. The highest BCUT2D eigenvalue weighted by molar-refractivity contribution is 6.04. The Labute approximate surface area is 121 Å². The van der Waals surface area contributed by atoms with Gasteiger partial charge in [-0.3, -0.25) is 4.79 Å². The van der Waals surface area contributed by atoms with Crippen molar-refractivity contribution >= 4 is 22.7 Å². The fourth-order valence-corrected chi connectivity index (χ4v) is 2.47. The van der Waals surface area contributed by atoms with E-state index >= 15 is 0 Å². The molecule has 0 spiro atoms. The summed E-state index contributed by atoms with van der Waals surface area (Å²) in [4.78, 5) is 23.5. The summed E-state index contributed by atoms with van der Waals surface area (Å²) >= 11 is 0. The standard InChI is InChI=1S/C16H14O5/c17-9-14-13(8-15(18)20-14)21-16(19)12-7-3-5-10-4-1-2-6-11(10)12/h1-7,13-14,17H,8-9H2/t13-,14+/m1/s1. The summed E-state index contributed by atoms with van der Waals surface area (Å²) in [6.45, 7) is -0.362. The number of carbonyl (C=O) groups is 2. The van der Waals surface area contributed by atoms with Gasteiger partial charge in [0, 0.05) is 0 Å². The second-order valence-corrected chi connectivity index (χ2v) is 4.89. The van der Waals surface area contributed by atoms with Gasteiger partial charge in [-0.1, -0.05) is 36.4 Å². The summed E-state index contributed by atoms with van der Waals surface area (Å²) in [5.74, 6) is -0.988. The van der Waals surface area contributed by atoms with Crippen LogP contribution in [-0.2, 0) is 14.3 Å². The maximum atomic E-state index is 12.3. The van der Waals surface area contributed by atoms with Crippen LogP contribution < -0.4 is 0 Å². The van der Waals surface area contributed by atoms with Gasteiger partial charge in [0.1, 0.15) is 0 Å². The van der Waals surface area contributed by atoms with E-state index in [1.807, 2.05) is 30.3 Å². The molecule has 1 fully saturated rings. The molecule has 0 unspecified atom stereocenters. The molecule has 0 bridgehead atoms. The van der Waals surface area contributed by atoms with Crippen molar-refractivity contribution in [2.24, 2.45) is 0 Å². The molecule has 2 atom stereocenters. The number of esters is 2. The van der Waals surface area contributed by atoms with Crippen molar-refractivity contribution in [3.8, 4) is 0 Å². The van der Waals surface area contributed by atoms with Gasteiger partial charge in [0.2, 0.25) is 0 Å². The van der Waals surface area contributed by atoms with Gasteiger partial charge in [-0.05, 0) is 16.8 Å². The average molecular weight is 286 g/mol. The number of hydrogen-bond acceptors (Lipinski definition) is 5. The normalized spacial score (nSPS) is 21.3. The third-order valence-corrected chi connectivity index (χ3v) is 3.51. The molecule has 1 N–H and O–H groups in total. The minimum Gasteiger partial charge on any atom is -0.456 e. The summed E-state index contributed by atoms with van der Waals surface area (Å²) in [6, 6.07) is 12.8. The van der Waals surface area contributed by atoms with Gasteiger partial charge in [0.25, 0.3) is 0 Å². The van der Waals surface area contributed by atoms with Crippen LogP contribution >= 0.6 is 0 Å². The largest absolute Gasteiger partial charge is 0.456 e. The zero-order valence-corrected chi connectivity index (χ0v) is 11.2. The topological polar surface area (TPSA) is 72.8 Å². The first-order chi connectivity index (χ1) is 10.2. The Morgan fingerprint density at radius 3 is 2.81 bits per heavy atom. The van der Waals surface area contributed by atoms with Gasteiger partial charge >= 0.3 is 11.9 Å². The Bertz CT molecular complexity index is 689. The van der Waals surface area contributed by atoms with E-state index in [1.165, 1.54) is 0 Å². The first kappa shape index (κ1) is 13.6.